The summed E-state index contributed by atoms with van der Waals surface area (Å²) in [5, 5.41) is 0.0647. The number of hydrogen-bond acceptors (Lipinski definition) is 2. The molecule has 0 saturated carbocycles. The zero-order chi connectivity index (χ0) is 14.4. The monoisotopic (exact) mass is 285 g/mol. The third-order valence-corrected chi connectivity index (χ3v) is 3.53. The molecule has 0 radical (unpaired) electrons. The second-order valence-electron chi connectivity index (χ2n) is 5.17. The first kappa shape index (κ1) is 16.1. The number of halogens is 2. The van der Waals surface area contributed by atoms with Gasteiger partial charge < -0.3 is 5.73 Å². The molecule has 0 aliphatic rings. The molecule has 19 heavy (non-hydrogen) atoms. The fourth-order valence-electron chi connectivity index (χ4n) is 1.95. The molecule has 0 aliphatic carbocycles. The van der Waals surface area contributed by atoms with Gasteiger partial charge in [-0.05, 0) is 31.4 Å². The van der Waals surface area contributed by atoms with Crippen LogP contribution in [0.15, 0.2) is 18.2 Å². The molecule has 4 heteroatoms. The van der Waals surface area contributed by atoms with Crippen molar-refractivity contribution in [3.05, 3.63) is 34.6 Å². The van der Waals surface area contributed by atoms with E-state index in [1.165, 1.54) is 6.07 Å². The minimum atomic E-state index is -0.486. The van der Waals surface area contributed by atoms with Crippen molar-refractivity contribution in [2.75, 3.05) is 0 Å². The standard InChI is InChI=1S/C15H21ClFNO/c1-10(5-3-6-11(2)18)14(19)9-12-7-4-8-13(16)15(12)17/h4,7-8,10-11H,3,5-6,9,18H2,1-2H3. The van der Waals surface area contributed by atoms with E-state index in [9.17, 15) is 9.18 Å². The summed E-state index contributed by atoms with van der Waals surface area (Å²) < 4.78 is 13.7. The van der Waals surface area contributed by atoms with Gasteiger partial charge in [0.15, 0.2) is 0 Å². The largest absolute Gasteiger partial charge is 0.328 e. The Kier molecular flexibility index (Phi) is 6.46. The summed E-state index contributed by atoms with van der Waals surface area (Å²) in [6.07, 6.45) is 2.72. The van der Waals surface area contributed by atoms with Crippen LogP contribution in [0.5, 0.6) is 0 Å². The second-order valence-corrected chi connectivity index (χ2v) is 5.57. The van der Waals surface area contributed by atoms with E-state index in [-0.39, 0.29) is 29.2 Å². The quantitative estimate of drug-likeness (QED) is 0.829. The Labute approximate surface area is 119 Å². The van der Waals surface area contributed by atoms with Crippen molar-refractivity contribution in [2.24, 2.45) is 11.7 Å². The van der Waals surface area contributed by atoms with Crippen LogP contribution in [0.3, 0.4) is 0 Å². The highest BCUT2D eigenvalue weighted by Crippen LogP contribution is 2.20. The highest BCUT2D eigenvalue weighted by molar-refractivity contribution is 6.30. The Hall–Kier alpha value is -0.930. The van der Waals surface area contributed by atoms with Gasteiger partial charge in [-0.2, -0.15) is 0 Å². The lowest BCUT2D eigenvalue weighted by molar-refractivity contribution is -0.122. The maximum absolute atomic E-state index is 13.7. The molecular weight excluding hydrogens is 265 g/mol. The normalized spacial score (nSPS) is 14.2. The first-order chi connectivity index (χ1) is 8.91. The van der Waals surface area contributed by atoms with Crippen LogP contribution in [0.25, 0.3) is 0 Å². The van der Waals surface area contributed by atoms with E-state index in [1.807, 2.05) is 13.8 Å². The van der Waals surface area contributed by atoms with Crippen LogP contribution >= 0.6 is 11.6 Å². The number of benzene rings is 1. The zero-order valence-electron chi connectivity index (χ0n) is 11.5. The van der Waals surface area contributed by atoms with Crippen molar-refractivity contribution in [1.82, 2.24) is 0 Å². The number of hydrogen-bond donors (Lipinski definition) is 1. The molecule has 0 bridgehead atoms. The molecule has 106 valence electrons. The van der Waals surface area contributed by atoms with Crippen molar-refractivity contribution >= 4 is 17.4 Å². The lowest BCUT2D eigenvalue weighted by Gasteiger charge is -2.12. The zero-order valence-corrected chi connectivity index (χ0v) is 12.2. The number of rotatable bonds is 7. The van der Waals surface area contributed by atoms with Crippen LogP contribution in [0.4, 0.5) is 4.39 Å². The summed E-state index contributed by atoms with van der Waals surface area (Å²) in [5.74, 6) is -0.511. The Balaban J connectivity index is 2.52. The average molecular weight is 286 g/mol. The maximum Gasteiger partial charge on any atom is 0.145 e. The number of Topliss-reactive ketones (excluding diaryl/α,β-unsaturated/α-hetero) is 1. The Morgan fingerprint density at radius 3 is 2.68 bits per heavy atom. The predicted octanol–water partition coefficient (Wildman–Crippen LogP) is 3.74. The third kappa shape index (κ3) is 5.29. The number of carbonyl (C=O) groups excluding carboxylic acids is 1. The van der Waals surface area contributed by atoms with Gasteiger partial charge in [0.25, 0.3) is 0 Å². The fourth-order valence-corrected chi connectivity index (χ4v) is 2.15. The minimum absolute atomic E-state index is 0.0471. The SMILES string of the molecule is CC(N)CCCC(C)C(=O)Cc1cccc(Cl)c1F. The summed E-state index contributed by atoms with van der Waals surface area (Å²) in [4.78, 5) is 12.0. The maximum atomic E-state index is 13.7. The molecule has 2 nitrogen and oxygen atoms in total. The van der Waals surface area contributed by atoms with E-state index >= 15 is 0 Å². The van der Waals surface area contributed by atoms with Crippen LogP contribution in [-0.4, -0.2) is 11.8 Å². The summed E-state index contributed by atoms with van der Waals surface area (Å²) in [6, 6.07) is 4.91. The van der Waals surface area contributed by atoms with E-state index in [1.54, 1.807) is 12.1 Å². The molecule has 0 saturated heterocycles. The molecule has 1 aromatic carbocycles. The first-order valence-corrected chi connectivity index (χ1v) is 7.00. The summed E-state index contributed by atoms with van der Waals surface area (Å²) in [5.41, 5.74) is 6.04. The first-order valence-electron chi connectivity index (χ1n) is 6.63. The molecule has 0 aliphatic heterocycles. The van der Waals surface area contributed by atoms with Gasteiger partial charge in [0.1, 0.15) is 11.6 Å². The third-order valence-electron chi connectivity index (χ3n) is 3.24. The van der Waals surface area contributed by atoms with Gasteiger partial charge in [-0.1, -0.05) is 37.1 Å². The van der Waals surface area contributed by atoms with Gasteiger partial charge in [-0.3, -0.25) is 4.79 Å². The van der Waals surface area contributed by atoms with Crippen LogP contribution < -0.4 is 5.73 Å². The van der Waals surface area contributed by atoms with Gasteiger partial charge in [0.2, 0.25) is 0 Å². The molecule has 2 atom stereocenters. The van der Waals surface area contributed by atoms with E-state index in [0.29, 0.717) is 5.56 Å². The van der Waals surface area contributed by atoms with Crippen LogP contribution in [0.1, 0.15) is 38.7 Å². The van der Waals surface area contributed by atoms with Crippen molar-refractivity contribution in [3.8, 4) is 0 Å². The lowest BCUT2D eigenvalue weighted by atomic mass is 9.94. The van der Waals surface area contributed by atoms with Crippen molar-refractivity contribution in [3.63, 3.8) is 0 Å². The Bertz CT molecular complexity index is 434. The van der Waals surface area contributed by atoms with Crippen molar-refractivity contribution in [1.29, 1.82) is 0 Å². The molecule has 1 aromatic rings. The average Bonchev–Trinajstić information content (AvgIpc) is 2.34. The molecule has 1 rings (SSSR count). The molecule has 0 fully saturated rings. The Morgan fingerprint density at radius 2 is 2.05 bits per heavy atom. The van der Waals surface area contributed by atoms with E-state index in [2.05, 4.69) is 0 Å². The van der Waals surface area contributed by atoms with Gasteiger partial charge in [0, 0.05) is 18.4 Å². The van der Waals surface area contributed by atoms with Gasteiger partial charge >= 0.3 is 0 Å². The molecule has 2 N–H and O–H groups in total. The second kappa shape index (κ2) is 7.61. The van der Waals surface area contributed by atoms with E-state index in [0.717, 1.165) is 19.3 Å². The lowest BCUT2D eigenvalue weighted by Crippen LogP contribution is -2.17. The summed E-state index contributed by atoms with van der Waals surface area (Å²) >= 11 is 5.70. The smallest absolute Gasteiger partial charge is 0.145 e. The van der Waals surface area contributed by atoms with Crippen LogP contribution in [0, 0.1) is 11.7 Å². The van der Waals surface area contributed by atoms with E-state index < -0.39 is 5.82 Å². The van der Waals surface area contributed by atoms with Crippen LogP contribution in [0.2, 0.25) is 5.02 Å². The Morgan fingerprint density at radius 1 is 1.37 bits per heavy atom. The van der Waals surface area contributed by atoms with Crippen LogP contribution in [-0.2, 0) is 11.2 Å². The van der Waals surface area contributed by atoms with Gasteiger partial charge in [-0.15, -0.1) is 0 Å². The number of carbonyl (C=O) groups is 1. The van der Waals surface area contributed by atoms with Gasteiger partial charge in [-0.25, -0.2) is 4.39 Å². The number of nitrogens with two attached hydrogens (primary N) is 1. The molecule has 0 amide bonds. The van der Waals surface area contributed by atoms with E-state index in [4.69, 9.17) is 17.3 Å². The van der Waals surface area contributed by atoms with Crippen molar-refractivity contribution < 1.29 is 9.18 Å². The molecule has 0 aromatic heterocycles. The highest BCUT2D eigenvalue weighted by Gasteiger charge is 2.16. The molecule has 0 heterocycles. The van der Waals surface area contributed by atoms with Crippen molar-refractivity contribution in [2.45, 2.75) is 45.6 Å². The number of ketones is 1. The minimum Gasteiger partial charge on any atom is -0.328 e. The summed E-state index contributed by atoms with van der Waals surface area (Å²) in [6.45, 7) is 3.83. The molecule has 0 spiro atoms. The van der Waals surface area contributed by atoms with Gasteiger partial charge in [0.05, 0.1) is 5.02 Å². The molecular formula is C15H21ClFNO. The fraction of sp³-hybridized carbons (Fsp3) is 0.533. The highest BCUT2D eigenvalue weighted by atomic mass is 35.5. The summed E-state index contributed by atoms with van der Waals surface area (Å²) in [7, 11) is 0. The predicted molar refractivity (Wildman–Crippen MR) is 76.8 cm³/mol. The molecule has 2 unspecified atom stereocenters. The topological polar surface area (TPSA) is 43.1 Å².